The van der Waals surface area contributed by atoms with Crippen LogP contribution in [0.2, 0.25) is 0 Å². The standard InChI is InChI=1S/C23H27BN2O2.C18H19BO3.C2H6/c1-22(2)23(3,4)28-24(27-22)16-11-12-21-19(14-16)18-9-5-6-10-20(18)26(21)17-8-7-13-25-15-17;1-17(2)18(3,4)22-19(21-17)13-9-7-11-15-16(13)12-8-5-6-10-14(12)20-15;1-2/h5-14,18,20,25H,15H2,1-4H3;5-11H,1-4H3;1-2H3. The molecule has 2 fully saturated rings. The number of rotatable bonds is 3. The molecule has 7 nitrogen and oxygen atoms in total. The third-order valence-corrected chi connectivity index (χ3v) is 11.6. The number of para-hydroxylation sites is 1. The van der Waals surface area contributed by atoms with Crippen LogP contribution in [-0.4, -0.2) is 49.2 Å². The topological polar surface area (TPSA) is 65.3 Å². The number of benzene rings is 3. The molecular weight excluding hydrogens is 646 g/mol. The van der Waals surface area contributed by atoms with E-state index >= 15 is 0 Å². The summed E-state index contributed by atoms with van der Waals surface area (Å²) in [5.74, 6) is 0.342. The zero-order valence-electron chi connectivity index (χ0n) is 32.3. The van der Waals surface area contributed by atoms with Gasteiger partial charge >= 0.3 is 14.2 Å². The summed E-state index contributed by atoms with van der Waals surface area (Å²) < 4.78 is 31.0. The lowest BCUT2D eigenvalue weighted by molar-refractivity contribution is 0.00578. The third kappa shape index (κ3) is 6.15. The van der Waals surface area contributed by atoms with E-state index in [1.165, 1.54) is 16.9 Å². The van der Waals surface area contributed by atoms with Crippen molar-refractivity contribution in [3.63, 3.8) is 0 Å². The molecule has 2 unspecified atom stereocenters. The maximum Gasteiger partial charge on any atom is 0.495 e. The summed E-state index contributed by atoms with van der Waals surface area (Å²) in [4.78, 5) is 2.46. The number of nitrogens with one attached hydrogen (secondary N) is 1. The molecule has 270 valence electrons. The van der Waals surface area contributed by atoms with E-state index < -0.39 is 0 Å². The number of allylic oxidation sites excluding steroid dienone is 4. The first-order valence-electron chi connectivity index (χ1n) is 18.7. The Kier molecular flexibility index (Phi) is 9.40. The number of anilines is 1. The molecule has 1 aliphatic carbocycles. The summed E-state index contributed by atoms with van der Waals surface area (Å²) in [5, 5.41) is 5.52. The number of hydrogen-bond donors (Lipinski definition) is 1. The number of dihydropyridines is 1. The second-order valence-electron chi connectivity index (χ2n) is 15.9. The Hall–Kier alpha value is -4.01. The van der Waals surface area contributed by atoms with Crippen LogP contribution >= 0.6 is 0 Å². The molecule has 1 N–H and O–H groups in total. The summed E-state index contributed by atoms with van der Waals surface area (Å²) >= 11 is 0. The molecule has 4 aliphatic heterocycles. The monoisotopic (exact) mass is 698 g/mol. The van der Waals surface area contributed by atoms with Crippen LogP contribution in [0.3, 0.4) is 0 Å². The Morgan fingerprint density at radius 2 is 1.33 bits per heavy atom. The van der Waals surface area contributed by atoms with Crippen LogP contribution in [0.5, 0.6) is 0 Å². The van der Waals surface area contributed by atoms with E-state index in [1.807, 2.05) is 50.4 Å². The van der Waals surface area contributed by atoms with Crippen LogP contribution in [0.25, 0.3) is 21.9 Å². The molecule has 0 spiro atoms. The van der Waals surface area contributed by atoms with Crippen molar-refractivity contribution in [3.05, 3.63) is 115 Å². The minimum atomic E-state index is -0.380. The van der Waals surface area contributed by atoms with E-state index in [1.54, 1.807) is 0 Å². The SMILES string of the molecule is CC.CC1(C)OB(c2ccc3c(c2)C2C=CC=CC2N3C2=CC=CNC2)OC1(C)C.CC1(C)OB(c2cccc3oc4ccccc4c23)OC1(C)C. The van der Waals surface area contributed by atoms with Gasteiger partial charge in [-0.1, -0.05) is 80.6 Å². The Labute approximate surface area is 310 Å². The minimum Gasteiger partial charge on any atom is -0.456 e. The molecule has 3 aromatic carbocycles. The average molecular weight is 699 g/mol. The lowest BCUT2D eigenvalue weighted by atomic mass is 9.76. The molecule has 2 atom stereocenters. The van der Waals surface area contributed by atoms with E-state index in [9.17, 15) is 0 Å². The predicted molar refractivity (Wildman–Crippen MR) is 215 cm³/mol. The van der Waals surface area contributed by atoms with Gasteiger partial charge in [0.25, 0.3) is 0 Å². The third-order valence-electron chi connectivity index (χ3n) is 11.6. The van der Waals surface area contributed by atoms with E-state index in [0.717, 1.165) is 39.4 Å². The first-order chi connectivity index (χ1) is 24.8. The fourth-order valence-corrected chi connectivity index (χ4v) is 7.41. The summed E-state index contributed by atoms with van der Waals surface area (Å²) in [6, 6.07) is 21.1. The first kappa shape index (κ1) is 36.4. The fraction of sp³-hybridized carbons (Fsp3) is 0.395. The molecule has 52 heavy (non-hydrogen) atoms. The van der Waals surface area contributed by atoms with Gasteiger partial charge in [0.2, 0.25) is 0 Å². The highest BCUT2D eigenvalue weighted by atomic mass is 16.7. The highest BCUT2D eigenvalue weighted by molar-refractivity contribution is 6.66. The summed E-state index contributed by atoms with van der Waals surface area (Å²) in [6.45, 7) is 21.5. The van der Waals surface area contributed by atoms with Gasteiger partial charge in [-0.25, -0.2) is 0 Å². The minimum absolute atomic E-state index is 0.313. The number of furan rings is 1. The summed E-state index contributed by atoms with van der Waals surface area (Å²) in [5.41, 5.74) is 6.43. The lowest BCUT2D eigenvalue weighted by Crippen LogP contribution is -2.41. The second kappa shape index (κ2) is 13.4. The molecule has 5 heterocycles. The predicted octanol–water partition coefficient (Wildman–Crippen LogP) is 8.30. The van der Waals surface area contributed by atoms with Gasteiger partial charge in [-0.2, -0.15) is 0 Å². The van der Waals surface area contributed by atoms with Gasteiger partial charge in [-0.3, -0.25) is 0 Å². The molecular formula is C43H52B2N2O5. The van der Waals surface area contributed by atoms with Crippen molar-refractivity contribution in [2.45, 2.75) is 104 Å². The molecule has 5 aliphatic rings. The van der Waals surface area contributed by atoms with Crippen molar-refractivity contribution < 1.29 is 23.0 Å². The van der Waals surface area contributed by atoms with E-state index in [0.29, 0.717) is 12.0 Å². The van der Waals surface area contributed by atoms with Gasteiger partial charge in [0.15, 0.2) is 0 Å². The summed E-state index contributed by atoms with van der Waals surface area (Å²) in [6.07, 6.45) is 15.2. The van der Waals surface area contributed by atoms with Gasteiger partial charge in [0.05, 0.1) is 35.0 Å². The second-order valence-corrected chi connectivity index (χ2v) is 15.9. The number of hydrogen-bond acceptors (Lipinski definition) is 7. The maximum absolute atomic E-state index is 6.29. The van der Waals surface area contributed by atoms with Gasteiger partial charge in [-0.15, -0.1) is 0 Å². The van der Waals surface area contributed by atoms with Crippen molar-refractivity contribution in [1.29, 1.82) is 0 Å². The van der Waals surface area contributed by atoms with Gasteiger partial charge in [-0.05, 0) is 108 Å². The van der Waals surface area contributed by atoms with Gasteiger partial charge in [0, 0.05) is 28.1 Å². The zero-order chi connectivity index (χ0) is 37.1. The molecule has 0 radical (unpaired) electrons. The van der Waals surface area contributed by atoms with Gasteiger partial charge < -0.3 is 33.3 Å². The van der Waals surface area contributed by atoms with Crippen molar-refractivity contribution >= 4 is 52.8 Å². The normalized spacial score (nSPS) is 24.1. The highest BCUT2D eigenvalue weighted by Crippen LogP contribution is 2.46. The average Bonchev–Trinajstić information content (AvgIpc) is 3.80. The molecule has 9 rings (SSSR count). The van der Waals surface area contributed by atoms with Crippen molar-refractivity contribution in [3.8, 4) is 0 Å². The molecule has 0 bridgehead atoms. The molecule has 2 saturated heterocycles. The van der Waals surface area contributed by atoms with E-state index in [4.69, 9.17) is 23.0 Å². The van der Waals surface area contributed by atoms with Crippen molar-refractivity contribution in [2.24, 2.45) is 0 Å². The first-order valence-corrected chi connectivity index (χ1v) is 18.7. The Bertz CT molecular complexity index is 2060. The van der Waals surface area contributed by atoms with Gasteiger partial charge in [0.1, 0.15) is 11.2 Å². The van der Waals surface area contributed by atoms with Crippen LogP contribution in [0.4, 0.5) is 5.69 Å². The van der Waals surface area contributed by atoms with Crippen LogP contribution in [0, 0.1) is 0 Å². The number of nitrogens with zero attached hydrogens (tertiary/aromatic N) is 1. The van der Waals surface area contributed by atoms with E-state index in [-0.39, 0.29) is 36.6 Å². The van der Waals surface area contributed by atoms with Crippen molar-refractivity contribution in [2.75, 3.05) is 11.4 Å². The Morgan fingerprint density at radius 3 is 2.00 bits per heavy atom. The largest absolute Gasteiger partial charge is 0.495 e. The zero-order valence-corrected chi connectivity index (χ0v) is 32.3. The molecule has 4 aromatic rings. The fourth-order valence-electron chi connectivity index (χ4n) is 7.41. The lowest BCUT2D eigenvalue weighted by Gasteiger charge is -2.32. The van der Waals surface area contributed by atoms with Crippen LogP contribution in [0.1, 0.15) is 80.7 Å². The maximum atomic E-state index is 6.29. The van der Waals surface area contributed by atoms with Crippen LogP contribution < -0.4 is 21.1 Å². The molecule has 0 saturated carbocycles. The Morgan fingerprint density at radius 1 is 0.692 bits per heavy atom. The summed E-state index contributed by atoms with van der Waals surface area (Å²) in [7, 11) is -0.709. The van der Waals surface area contributed by atoms with Crippen LogP contribution in [-0.2, 0) is 18.6 Å². The highest BCUT2D eigenvalue weighted by Gasteiger charge is 2.53. The van der Waals surface area contributed by atoms with Crippen molar-refractivity contribution in [1.82, 2.24) is 5.32 Å². The molecule has 1 aromatic heterocycles. The quantitative estimate of drug-likeness (QED) is 0.216. The van der Waals surface area contributed by atoms with Crippen LogP contribution in [0.15, 0.2) is 113 Å². The number of fused-ring (bicyclic) bond motifs is 6. The Balaban J connectivity index is 0.000000159. The molecule has 0 amide bonds. The smallest absolute Gasteiger partial charge is 0.456 e. The van der Waals surface area contributed by atoms with E-state index in [2.05, 4.69) is 132 Å². The molecule has 9 heteroatoms.